The van der Waals surface area contributed by atoms with Crippen molar-refractivity contribution in [2.75, 3.05) is 6.61 Å². The second-order valence-electron chi connectivity index (χ2n) is 5.18. The molecule has 0 atom stereocenters. The van der Waals surface area contributed by atoms with E-state index in [-0.39, 0.29) is 12.2 Å². The molecule has 3 N–H and O–H groups in total. The number of aliphatic hydroxyl groups excluding tert-OH is 1. The van der Waals surface area contributed by atoms with Gasteiger partial charge in [-0.15, -0.1) is 0 Å². The quantitative estimate of drug-likeness (QED) is 0.488. The molecule has 106 valence electrons. The normalized spacial score (nSPS) is 14.1. The summed E-state index contributed by atoms with van der Waals surface area (Å²) in [5.74, 6) is 2.90. The summed E-state index contributed by atoms with van der Waals surface area (Å²) in [6.07, 6.45) is 2.04. The lowest BCUT2D eigenvalue weighted by Gasteiger charge is -2.10. The van der Waals surface area contributed by atoms with Crippen LogP contribution in [0.5, 0.6) is 0 Å². The van der Waals surface area contributed by atoms with Gasteiger partial charge in [0.1, 0.15) is 0 Å². The van der Waals surface area contributed by atoms with Crippen molar-refractivity contribution in [1.29, 1.82) is 0 Å². The molecule has 1 aromatic rings. The highest BCUT2D eigenvalue weighted by Crippen LogP contribution is 2.32. The molecule has 1 heterocycles. The molecule has 0 unspecified atom stereocenters. The number of aryl methyl sites for hydroxylation is 1. The Balaban J connectivity index is 2.71. The average Bonchev–Trinajstić information content (AvgIpc) is 2.68. The van der Waals surface area contributed by atoms with E-state index in [0.29, 0.717) is 28.7 Å². The third kappa shape index (κ3) is 2.54. The smallest absolute Gasteiger partial charge is 0.254 e. The van der Waals surface area contributed by atoms with Gasteiger partial charge in [0.15, 0.2) is 0 Å². The van der Waals surface area contributed by atoms with Crippen molar-refractivity contribution >= 4 is 5.57 Å². The SMILES string of the molecule is CC1=C(CO)c2c(C#CC(C)(O)O)cn(C)c(=O)c2C1. The van der Waals surface area contributed by atoms with Crippen molar-refractivity contribution < 1.29 is 15.3 Å². The molecule has 0 aromatic carbocycles. The highest BCUT2D eigenvalue weighted by atomic mass is 16.5. The van der Waals surface area contributed by atoms with E-state index in [1.165, 1.54) is 4.57 Å². The summed E-state index contributed by atoms with van der Waals surface area (Å²) in [7, 11) is 1.62. The lowest BCUT2D eigenvalue weighted by molar-refractivity contribution is -0.0915. The van der Waals surface area contributed by atoms with Crippen molar-refractivity contribution in [2.45, 2.75) is 26.1 Å². The molecule has 20 heavy (non-hydrogen) atoms. The number of hydrogen-bond acceptors (Lipinski definition) is 4. The van der Waals surface area contributed by atoms with Crippen LogP contribution in [0.1, 0.15) is 30.5 Å². The maximum atomic E-state index is 12.1. The predicted molar refractivity (Wildman–Crippen MR) is 74.8 cm³/mol. The van der Waals surface area contributed by atoms with Crippen LogP contribution in [0.3, 0.4) is 0 Å². The number of allylic oxidation sites excluding steroid dienone is 1. The molecule has 1 aliphatic carbocycles. The predicted octanol–water partition coefficient (Wildman–Crippen LogP) is -0.241. The Labute approximate surface area is 116 Å². The minimum Gasteiger partial charge on any atom is -0.392 e. The topological polar surface area (TPSA) is 82.7 Å². The van der Waals surface area contributed by atoms with E-state index in [2.05, 4.69) is 11.8 Å². The summed E-state index contributed by atoms with van der Waals surface area (Å²) in [6, 6.07) is 0. The molecule has 0 saturated heterocycles. The zero-order valence-corrected chi connectivity index (χ0v) is 11.7. The first-order valence-electron chi connectivity index (χ1n) is 6.25. The highest BCUT2D eigenvalue weighted by Gasteiger charge is 2.25. The Hall–Kier alpha value is -1.87. The Morgan fingerprint density at radius 2 is 2.10 bits per heavy atom. The van der Waals surface area contributed by atoms with Gasteiger partial charge in [-0.25, -0.2) is 0 Å². The first kappa shape index (κ1) is 14.5. The monoisotopic (exact) mass is 275 g/mol. The zero-order valence-electron chi connectivity index (χ0n) is 11.7. The summed E-state index contributed by atoms with van der Waals surface area (Å²) in [6.45, 7) is 2.86. The van der Waals surface area contributed by atoms with Crippen LogP contribution in [0.15, 0.2) is 16.6 Å². The van der Waals surface area contributed by atoms with Gasteiger partial charge < -0.3 is 19.9 Å². The van der Waals surface area contributed by atoms with Gasteiger partial charge >= 0.3 is 0 Å². The molecule has 0 saturated carbocycles. The third-order valence-electron chi connectivity index (χ3n) is 3.32. The molecule has 1 aliphatic rings. The number of aliphatic hydroxyl groups is 3. The van der Waals surface area contributed by atoms with Crippen LogP contribution in [0.4, 0.5) is 0 Å². The van der Waals surface area contributed by atoms with Crippen molar-refractivity contribution in [1.82, 2.24) is 4.57 Å². The summed E-state index contributed by atoms with van der Waals surface area (Å²) in [5.41, 5.74) is 3.24. The maximum absolute atomic E-state index is 12.1. The highest BCUT2D eigenvalue weighted by molar-refractivity contribution is 5.80. The summed E-state index contributed by atoms with van der Waals surface area (Å²) < 4.78 is 1.42. The number of aromatic nitrogens is 1. The van der Waals surface area contributed by atoms with E-state index in [0.717, 1.165) is 12.5 Å². The molecule has 2 rings (SSSR count). The van der Waals surface area contributed by atoms with Crippen molar-refractivity contribution in [3.05, 3.63) is 38.8 Å². The van der Waals surface area contributed by atoms with Crippen molar-refractivity contribution in [3.8, 4) is 11.8 Å². The number of nitrogens with zero attached hydrogens (tertiary/aromatic N) is 1. The first-order valence-corrected chi connectivity index (χ1v) is 6.25. The number of fused-ring (bicyclic) bond motifs is 1. The van der Waals surface area contributed by atoms with Gasteiger partial charge in [-0.3, -0.25) is 4.79 Å². The summed E-state index contributed by atoms with van der Waals surface area (Å²) in [5, 5.41) is 28.0. The van der Waals surface area contributed by atoms with Crippen LogP contribution in [0.2, 0.25) is 0 Å². The van der Waals surface area contributed by atoms with Crippen LogP contribution in [-0.4, -0.2) is 32.3 Å². The van der Waals surface area contributed by atoms with Crippen LogP contribution >= 0.6 is 0 Å². The molecule has 5 nitrogen and oxygen atoms in total. The molecule has 5 heteroatoms. The summed E-state index contributed by atoms with van der Waals surface area (Å²) in [4.78, 5) is 12.1. The van der Waals surface area contributed by atoms with Crippen LogP contribution in [0, 0.1) is 11.8 Å². The number of rotatable bonds is 1. The molecule has 0 fully saturated rings. The average molecular weight is 275 g/mol. The Morgan fingerprint density at radius 1 is 1.45 bits per heavy atom. The number of hydrogen-bond donors (Lipinski definition) is 3. The standard InChI is InChI=1S/C15H17NO4/c1-9-6-11-13(12(9)8-17)10(4-5-15(2,19)20)7-16(3)14(11)18/h7,17,19-20H,6,8H2,1-3H3. The second-order valence-corrected chi connectivity index (χ2v) is 5.18. The Kier molecular flexibility index (Phi) is 3.57. The fourth-order valence-corrected chi connectivity index (χ4v) is 2.39. The van der Waals surface area contributed by atoms with Crippen LogP contribution < -0.4 is 5.56 Å². The van der Waals surface area contributed by atoms with Gasteiger partial charge in [0, 0.05) is 36.9 Å². The first-order chi connectivity index (χ1) is 9.24. The van der Waals surface area contributed by atoms with Crippen LogP contribution in [0.25, 0.3) is 5.57 Å². The van der Waals surface area contributed by atoms with Gasteiger partial charge in [-0.1, -0.05) is 11.5 Å². The fraction of sp³-hybridized carbons (Fsp3) is 0.400. The van der Waals surface area contributed by atoms with Gasteiger partial charge in [-0.2, -0.15) is 0 Å². The molecular weight excluding hydrogens is 258 g/mol. The lowest BCUT2D eigenvalue weighted by Crippen LogP contribution is -2.23. The molecule has 1 aromatic heterocycles. The molecule has 0 radical (unpaired) electrons. The maximum Gasteiger partial charge on any atom is 0.254 e. The lowest BCUT2D eigenvalue weighted by atomic mass is 10.0. The largest absolute Gasteiger partial charge is 0.392 e. The Morgan fingerprint density at radius 3 is 2.65 bits per heavy atom. The van der Waals surface area contributed by atoms with E-state index in [1.807, 2.05) is 6.92 Å². The second kappa shape index (κ2) is 4.91. The minimum absolute atomic E-state index is 0.121. The molecule has 0 bridgehead atoms. The van der Waals surface area contributed by atoms with E-state index in [9.17, 15) is 20.1 Å². The van der Waals surface area contributed by atoms with E-state index < -0.39 is 5.79 Å². The van der Waals surface area contributed by atoms with E-state index in [4.69, 9.17) is 0 Å². The van der Waals surface area contributed by atoms with Crippen molar-refractivity contribution in [2.24, 2.45) is 7.05 Å². The van der Waals surface area contributed by atoms with E-state index >= 15 is 0 Å². The van der Waals surface area contributed by atoms with E-state index in [1.54, 1.807) is 13.2 Å². The minimum atomic E-state index is -2.10. The van der Waals surface area contributed by atoms with Crippen LogP contribution in [-0.2, 0) is 13.5 Å². The molecule has 0 spiro atoms. The third-order valence-corrected chi connectivity index (χ3v) is 3.32. The summed E-state index contributed by atoms with van der Waals surface area (Å²) >= 11 is 0. The van der Waals surface area contributed by atoms with Gasteiger partial charge in [0.05, 0.1) is 6.61 Å². The number of pyridine rings is 1. The van der Waals surface area contributed by atoms with Crippen molar-refractivity contribution in [3.63, 3.8) is 0 Å². The fourth-order valence-electron chi connectivity index (χ4n) is 2.39. The molecular formula is C15H17NO4. The molecule has 0 aliphatic heterocycles. The molecule has 0 amide bonds. The zero-order chi connectivity index (χ0) is 15.1. The van der Waals surface area contributed by atoms with Gasteiger partial charge in [0.25, 0.3) is 5.56 Å². The Bertz CT molecular complexity index is 708. The van der Waals surface area contributed by atoms with Gasteiger partial charge in [0.2, 0.25) is 5.79 Å². The van der Waals surface area contributed by atoms with Gasteiger partial charge in [-0.05, 0) is 24.8 Å².